The van der Waals surface area contributed by atoms with Gasteiger partial charge in [0.05, 0.1) is 18.0 Å². The molecular weight excluding hydrogens is 340 g/mol. The van der Waals surface area contributed by atoms with Crippen LogP contribution in [0.1, 0.15) is 12.0 Å². The van der Waals surface area contributed by atoms with Gasteiger partial charge in [-0.2, -0.15) is 0 Å². The van der Waals surface area contributed by atoms with Crippen molar-refractivity contribution in [3.63, 3.8) is 0 Å². The van der Waals surface area contributed by atoms with E-state index >= 15 is 0 Å². The minimum Gasteiger partial charge on any atom is -0.393 e. The van der Waals surface area contributed by atoms with E-state index in [0.29, 0.717) is 37.5 Å². The summed E-state index contributed by atoms with van der Waals surface area (Å²) in [6.07, 6.45) is 0.893. The molecule has 1 amide bonds. The molecule has 0 radical (unpaired) electrons. The lowest BCUT2D eigenvalue weighted by atomic mass is 10.1. The molecule has 4 nitrogen and oxygen atoms in total. The van der Waals surface area contributed by atoms with Crippen LogP contribution in [0.2, 0.25) is 0 Å². The number of methoxy groups -OCH3 is 1. The second-order valence-electron chi connectivity index (χ2n) is 4.40. The van der Waals surface area contributed by atoms with Gasteiger partial charge >= 0.3 is 0 Å². The van der Waals surface area contributed by atoms with Gasteiger partial charge in [0.2, 0.25) is 5.91 Å². The highest BCUT2D eigenvalue weighted by molar-refractivity contribution is 9.10. The van der Waals surface area contributed by atoms with Gasteiger partial charge in [0.25, 0.3) is 0 Å². The van der Waals surface area contributed by atoms with Crippen molar-refractivity contribution < 1.29 is 9.53 Å². The summed E-state index contributed by atoms with van der Waals surface area (Å²) in [5.41, 5.74) is 6.47. The highest BCUT2D eigenvalue weighted by Crippen LogP contribution is 2.13. The zero-order chi connectivity index (χ0) is 15.0. The molecule has 2 N–H and O–H groups in total. The van der Waals surface area contributed by atoms with E-state index in [9.17, 15) is 4.79 Å². The molecule has 0 bridgehead atoms. The van der Waals surface area contributed by atoms with Gasteiger partial charge in [-0.15, -0.1) is 0 Å². The zero-order valence-electron chi connectivity index (χ0n) is 11.5. The first-order chi connectivity index (χ1) is 9.52. The van der Waals surface area contributed by atoms with Gasteiger partial charge in [-0.05, 0) is 17.7 Å². The van der Waals surface area contributed by atoms with Crippen LogP contribution < -0.4 is 5.73 Å². The Kier molecular flexibility index (Phi) is 7.72. The van der Waals surface area contributed by atoms with E-state index < -0.39 is 0 Å². The van der Waals surface area contributed by atoms with Crippen molar-refractivity contribution in [3.05, 3.63) is 34.3 Å². The Labute approximate surface area is 133 Å². The van der Waals surface area contributed by atoms with Crippen molar-refractivity contribution in [1.82, 2.24) is 4.90 Å². The smallest absolute Gasteiger partial charge is 0.227 e. The predicted octanol–water partition coefficient (Wildman–Crippen LogP) is 2.14. The lowest BCUT2D eigenvalue weighted by Gasteiger charge is -2.22. The minimum atomic E-state index is 0.0522. The number of halogens is 1. The molecule has 1 aromatic rings. The molecule has 0 unspecified atom stereocenters. The number of thiocarbonyl (C=S) groups is 1. The number of carbonyl (C=O) groups is 1. The third-order valence-electron chi connectivity index (χ3n) is 2.79. The quantitative estimate of drug-likeness (QED) is 0.723. The number of benzene rings is 1. The average Bonchev–Trinajstić information content (AvgIpc) is 2.38. The van der Waals surface area contributed by atoms with E-state index in [0.717, 1.165) is 10.0 Å². The second-order valence-corrected chi connectivity index (χ2v) is 5.84. The van der Waals surface area contributed by atoms with Gasteiger partial charge in [0.15, 0.2) is 0 Å². The standard InChI is InChI=1S/C14H19BrN2O2S/c1-19-8-7-17(6-5-13(16)20)14(18)10-11-3-2-4-12(15)9-11/h2-4,9H,5-8,10H2,1H3,(H2,16,20). The first-order valence-electron chi connectivity index (χ1n) is 6.32. The molecule has 0 saturated heterocycles. The summed E-state index contributed by atoms with van der Waals surface area (Å²) in [5, 5.41) is 0. The van der Waals surface area contributed by atoms with Gasteiger partial charge < -0.3 is 15.4 Å². The fraction of sp³-hybridized carbons (Fsp3) is 0.429. The Bertz CT molecular complexity index is 468. The fourth-order valence-electron chi connectivity index (χ4n) is 1.74. The molecule has 110 valence electrons. The van der Waals surface area contributed by atoms with E-state index in [4.69, 9.17) is 22.7 Å². The molecular formula is C14H19BrN2O2S. The Hall–Kier alpha value is -0.980. The van der Waals surface area contributed by atoms with Gasteiger partial charge in [0.1, 0.15) is 0 Å². The number of nitrogens with zero attached hydrogens (tertiary/aromatic N) is 1. The Morgan fingerprint density at radius 3 is 2.80 bits per heavy atom. The van der Waals surface area contributed by atoms with Crippen molar-refractivity contribution in [1.29, 1.82) is 0 Å². The average molecular weight is 359 g/mol. The van der Waals surface area contributed by atoms with Crippen LogP contribution in [0, 0.1) is 0 Å². The summed E-state index contributed by atoms with van der Waals surface area (Å²) in [4.78, 5) is 14.5. The number of rotatable bonds is 8. The summed E-state index contributed by atoms with van der Waals surface area (Å²) in [7, 11) is 1.62. The van der Waals surface area contributed by atoms with E-state index in [1.807, 2.05) is 24.3 Å². The largest absolute Gasteiger partial charge is 0.393 e. The zero-order valence-corrected chi connectivity index (χ0v) is 13.9. The van der Waals surface area contributed by atoms with E-state index in [1.54, 1.807) is 12.0 Å². The van der Waals surface area contributed by atoms with Gasteiger partial charge in [0, 0.05) is 31.1 Å². The molecule has 0 heterocycles. The molecule has 20 heavy (non-hydrogen) atoms. The van der Waals surface area contributed by atoms with Gasteiger partial charge in [-0.25, -0.2) is 0 Å². The number of hydrogen-bond acceptors (Lipinski definition) is 3. The molecule has 1 rings (SSSR count). The molecule has 0 aromatic heterocycles. The third-order valence-corrected chi connectivity index (χ3v) is 3.49. The Morgan fingerprint density at radius 1 is 1.45 bits per heavy atom. The van der Waals surface area contributed by atoms with Crippen molar-refractivity contribution in [3.8, 4) is 0 Å². The van der Waals surface area contributed by atoms with Crippen LogP contribution in [-0.4, -0.2) is 42.6 Å². The second kappa shape index (κ2) is 9.05. The van der Waals surface area contributed by atoms with Gasteiger partial charge in [-0.3, -0.25) is 4.79 Å². The molecule has 0 aliphatic rings. The van der Waals surface area contributed by atoms with Crippen molar-refractivity contribution >= 4 is 39.0 Å². The minimum absolute atomic E-state index is 0.0522. The third kappa shape index (κ3) is 6.45. The number of nitrogens with two attached hydrogens (primary N) is 1. The lowest BCUT2D eigenvalue weighted by molar-refractivity contribution is -0.131. The van der Waals surface area contributed by atoms with E-state index in [1.165, 1.54) is 0 Å². The van der Waals surface area contributed by atoms with Crippen LogP contribution >= 0.6 is 28.1 Å². The number of amides is 1. The van der Waals surface area contributed by atoms with Gasteiger partial charge in [-0.1, -0.05) is 40.3 Å². The first kappa shape index (κ1) is 17.1. The highest BCUT2D eigenvalue weighted by atomic mass is 79.9. The fourth-order valence-corrected chi connectivity index (χ4v) is 2.28. The van der Waals surface area contributed by atoms with Crippen LogP contribution in [0.4, 0.5) is 0 Å². The van der Waals surface area contributed by atoms with E-state index in [-0.39, 0.29) is 5.91 Å². The normalized spacial score (nSPS) is 10.3. The molecule has 6 heteroatoms. The van der Waals surface area contributed by atoms with Crippen molar-refractivity contribution in [2.75, 3.05) is 26.8 Å². The number of hydrogen-bond donors (Lipinski definition) is 1. The molecule has 0 fully saturated rings. The molecule has 1 aromatic carbocycles. The molecule has 0 aliphatic heterocycles. The maximum atomic E-state index is 12.3. The summed E-state index contributed by atoms with van der Waals surface area (Å²) < 4.78 is 6.00. The summed E-state index contributed by atoms with van der Waals surface area (Å²) in [5.74, 6) is 0.0522. The monoisotopic (exact) mass is 358 g/mol. The van der Waals surface area contributed by atoms with Crippen molar-refractivity contribution in [2.24, 2.45) is 5.73 Å². The maximum Gasteiger partial charge on any atom is 0.227 e. The molecule has 0 aliphatic carbocycles. The predicted molar refractivity (Wildman–Crippen MR) is 87.7 cm³/mol. The Balaban J connectivity index is 2.63. The van der Waals surface area contributed by atoms with E-state index in [2.05, 4.69) is 15.9 Å². The number of carbonyl (C=O) groups excluding carboxylic acids is 1. The van der Waals surface area contributed by atoms with Crippen LogP contribution in [0.25, 0.3) is 0 Å². The van der Waals surface area contributed by atoms with Crippen LogP contribution in [0.15, 0.2) is 28.7 Å². The summed E-state index contributed by atoms with van der Waals surface area (Å²) >= 11 is 8.26. The van der Waals surface area contributed by atoms with Crippen molar-refractivity contribution in [2.45, 2.75) is 12.8 Å². The molecule has 0 atom stereocenters. The maximum absolute atomic E-state index is 12.3. The van der Waals surface area contributed by atoms with Crippen LogP contribution in [-0.2, 0) is 16.0 Å². The molecule has 0 spiro atoms. The molecule has 0 saturated carbocycles. The SMILES string of the molecule is COCCN(CCC(N)=S)C(=O)Cc1cccc(Br)c1. The summed E-state index contributed by atoms with van der Waals surface area (Å²) in [6, 6.07) is 7.73. The van der Waals surface area contributed by atoms with Crippen LogP contribution in [0.3, 0.4) is 0 Å². The highest BCUT2D eigenvalue weighted by Gasteiger charge is 2.14. The first-order valence-corrected chi connectivity index (χ1v) is 7.52. The summed E-state index contributed by atoms with van der Waals surface area (Å²) in [6.45, 7) is 1.58. The number of ether oxygens (including phenoxy) is 1. The lowest BCUT2D eigenvalue weighted by Crippen LogP contribution is -2.37. The topological polar surface area (TPSA) is 55.6 Å². The van der Waals surface area contributed by atoms with Crippen LogP contribution in [0.5, 0.6) is 0 Å². The Morgan fingerprint density at radius 2 is 2.20 bits per heavy atom.